The molecule has 2 aliphatic rings. The quantitative estimate of drug-likeness (QED) is 0.917. The first-order valence-electron chi connectivity index (χ1n) is 7.38. The SMILES string of the molecule is Cc1ccc(N2C[C@H](C(=O)N[C@H]3CCSC3=O)CC2=O)cc1. The zero-order valence-corrected chi connectivity index (χ0v) is 13.2. The Balaban J connectivity index is 1.65. The van der Waals surface area contributed by atoms with Gasteiger partial charge in [-0.2, -0.15) is 0 Å². The van der Waals surface area contributed by atoms with E-state index >= 15 is 0 Å². The van der Waals surface area contributed by atoms with Crippen LogP contribution >= 0.6 is 11.8 Å². The standard InChI is InChI=1S/C16H18N2O3S/c1-10-2-4-12(5-3-10)18-9-11(8-14(18)19)15(20)17-13-6-7-22-16(13)21/h2-5,11,13H,6-9H2,1H3,(H,17,20)/t11-,13+/m1/s1. The Hall–Kier alpha value is -1.82. The molecule has 0 radical (unpaired) electrons. The highest BCUT2D eigenvalue weighted by molar-refractivity contribution is 8.14. The number of aryl methyl sites for hydroxylation is 1. The van der Waals surface area contributed by atoms with Crippen LogP contribution in [0.4, 0.5) is 5.69 Å². The molecule has 1 N–H and O–H groups in total. The van der Waals surface area contributed by atoms with Crippen molar-refractivity contribution in [3.05, 3.63) is 29.8 Å². The van der Waals surface area contributed by atoms with Crippen LogP contribution in [0.5, 0.6) is 0 Å². The van der Waals surface area contributed by atoms with Crippen molar-refractivity contribution in [3.63, 3.8) is 0 Å². The van der Waals surface area contributed by atoms with Crippen molar-refractivity contribution in [2.75, 3.05) is 17.2 Å². The summed E-state index contributed by atoms with van der Waals surface area (Å²) in [7, 11) is 0. The second-order valence-corrected chi connectivity index (χ2v) is 6.86. The number of carbonyl (C=O) groups excluding carboxylic acids is 3. The van der Waals surface area contributed by atoms with Crippen LogP contribution in [0, 0.1) is 12.8 Å². The van der Waals surface area contributed by atoms with Crippen molar-refractivity contribution in [1.82, 2.24) is 5.32 Å². The molecule has 6 heteroatoms. The molecular weight excluding hydrogens is 300 g/mol. The molecule has 2 saturated heterocycles. The maximum Gasteiger partial charge on any atom is 0.227 e. The number of hydrogen-bond donors (Lipinski definition) is 1. The van der Waals surface area contributed by atoms with Gasteiger partial charge in [-0.1, -0.05) is 29.5 Å². The number of anilines is 1. The van der Waals surface area contributed by atoms with Crippen LogP contribution in [-0.4, -0.2) is 35.3 Å². The summed E-state index contributed by atoms with van der Waals surface area (Å²) in [6, 6.07) is 7.30. The van der Waals surface area contributed by atoms with Gasteiger partial charge in [0.15, 0.2) is 0 Å². The van der Waals surface area contributed by atoms with E-state index in [4.69, 9.17) is 0 Å². The molecule has 2 aliphatic heterocycles. The molecule has 0 unspecified atom stereocenters. The highest BCUT2D eigenvalue weighted by Crippen LogP contribution is 2.26. The fourth-order valence-corrected chi connectivity index (χ4v) is 3.71. The molecule has 0 aliphatic carbocycles. The average Bonchev–Trinajstić information content (AvgIpc) is 3.07. The fraction of sp³-hybridized carbons (Fsp3) is 0.438. The second kappa shape index (κ2) is 6.12. The number of rotatable bonds is 3. The van der Waals surface area contributed by atoms with E-state index in [2.05, 4.69) is 5.32 Å². The molecule has 5 nitrogen and oxygen atoms in total. The molecule has 2 atom stereocenters. The van der Waals surface area contributed by atoms with Gasteiger partial charge in [0.1, 0.15) is 0 Å². The summed E-state index contributed by atoms with van der Waals surface area (Å²) >= 11 is 1.26. The monoisotopic (exact) mass is 318 g/mol. The van der Waals surface area contributed by atoms with Crippen molar-refractivity contribution < 1.29 is 14.4 Å². The zero-order chi connectivity index (χ0) is 15.7. The Kier molecular flexibility index (Phi) is 4.20. The van der Waals surface area contributed by atoms with Gasteiger partial charge in [0.25, 0.3) is 0 Å². The Morgan fingerprint density at radius 3 is 2.64 bits per heavy atom. The summed E-state index contributed by atoms with van der Waals surface area (Å²) < 4.78 is 0. The van der Waals surface area contributed by atoms with E-state index in [1.54, 1.807) is 4.90 Å². The molecule has 22 heavy (non-hydrogen) atoms. The van der Waals surface area contributed by atoms with E-state index in [0.29, 0.717) is 13.0 Å². The minimum atomic E-state index is -0.388. The van der Waals surface area contributed by atoms with Crippen molar-refractivity contribution in [3.8, 4) is 0 Å². The topological polar surface area (TPSA) is 66.5 Å². The van der Waals surface area contributed by atoms with Crippen molar-refractivity contribution in [1.29, 1.82) is 0 Å². The number of nitrogens with one attached hydrogen (secondary N) is 1. The lowest BCUT2D eigenvalue weighted by molar-refractivity contribution is -0.128. The lowest BCUT2D eigenvalue weighted by Crippen LogP contribution is -2.41. The van der Waals surface area contributed by atoms with Crippen LogP contribution in [-0.2, 0) is 14.4 Å². The molecule has 2 heterocycles. The molecular formula is C16H18N2O3S. The minimum absolute atomic E-state index is 0.0214. The zero-order valence-electron chi connectivity index (χ0n) is 12.4. The highest BCUT2D eigenvalue weighted by Gasteiger charge is 2.37. The molecule has 1 aromatic carbocycles. The molecule has 2 fully saturated rings. The van der Waals surface area contributed by atoms with Gasteiger partial charge in [0, 0.05) is 24.4 Å². The van der Waals surface area contributed by atoms with E-state index in [1.165, 1.54) is 11.8 Å². The average molecular weight is 318 g/mol. The maximum atomic E-state index is 12.3. The van der Waals surface area contributed by atoms with Gasteiger partial charge in [0.05, 0.1) is 12.0 Å². The van der Waals surface area contributed by atoms with Crippen LogP contribution in [0.3, 0.4) is 0 Å². The van der Waals surface area contributed by atoms with E-state index in [1.807, 2.05) is 31.2 Å². The third-order valence-corrected chi connectivity index (χ3v) is 5.10. The summed E-state index contributed by atoms with van der Waals surface area (Å²) in [5.41, 5.74) is 1.94. The van der Waals surface area contributed by atoms with E-state index in [-0.39, 0.29) is 35.3 Å². The van der Waals surface area contributed by atoms with Gasteiger partial charge >= 0.3 is 0 Å². The molecule has 0 spiro atoms. The van der Waals surface area contributed by atoms with Crippen LogP contribution in [0.2, 0.25) is 0 Å². The maximum absolute atomic E-state index is 12.3. The molecule has 3 rings (SSSR count). The summed E-state index contributed by atoms with van der Waals surface area (Å²) in [5.74, 6) is 0.134. The Bertz CT molecular complexity index is 614. The van der Waals surface area contributed by atoms with E-state index in [0.717, 1.165) is 17.0 Å². The molecule has 0 saturated carbocycles. The van der Waals surface area contributed by atoms with E-state index in [9.17, 15) is 14.4 Å². The summed E-state index contributed by atoms with van der Waals surface area (Å²) in [6.45, 7) is 2.37. The number of benzene rings is 1. The highest BCUT2D eigenvalue weighted by atomic mass is 32.2. The van der Waals surface area contributed by atoms with Crippen LogP contribution in [0.25, 0.3) is 0 Å². The van der Waals surface area contributed by atoms with Crippen LogP contribution in [0.15, 0.2) is 24.3 Å². The second-order valence-electron chi connectivity index (χ2n) is 5.76. The minimum Gasteiger partial charge on any atom is -0.345 e. The normalized spacial score (nSPS) is 24.9. The number of amides is 2. The predicted molar refractivity (Wildman–Crippen MR) is 85.7 cm³/mol. The van der Waals surface area contributed by atoms with Gasteiger partial charge in [-0.15, -0.1) is 0 Å². The molecule has 116 valence electrons. The van der Waals surface area contributed by atoms with Crippen LogP contribution in [0.1, 0.15) is 18.4 Å². The predicted octanol–water partition coefficient (Wildman–Crippen LogP) is 1.50. The van der Waals surface area contributed by atoms with Gasteiger partial charge in [-0.05, 0) is 25.5 Å². The van der Waals surface area contributed by atoms with Crippen molar-refractivity contribution >= 4 is 34.4 Å². The molecule has 2 amide bonds. The number of hydrogen-bond acceptors (Lipinski definition) is 4. The van der Waals surface area contributed by atoms with Crippen molar-refractivity contribution in [2.24, 2.45) is 5.92 Å². The third kappa shape index (κ3) is 3.02. The van der Waals surface area contributed by atoms with Crippen molar-refractivity contribution in [2.45, 2.75) is 25.8 Å². The Morgan fingerprint density at radius 2 is 2.00 bits per heavy atom. The first kappa shape index (κ1) is 15.1. The van der Waals surface area contributed by atoms with Gasteiger partial charge in [-0.3, -0.25) is 14.4 Å². The smallest absolute Gasteiger partial charge is 0.227 e. The molecule has 0 bridgehead atoms. The van der Waals surface area contributed by atoms with E-state index < -0.39 is 0 Å². The Morgan fingerprint density at radius 1 is 1.27 bits per heavy atom. The van der Waals surface area contributed by atoms with Gasteiger partial charge < -0.3 is 10.2 Å². The largest absolute Gasteiger partial charge is 0.345 e. The summed E-state index contributed by atoms with van der Waals surface area (Å²) in [4.78, 5) is 37.6. The third-order valence-electron chi connectivity index (χ3n) is 4.09. The van der Waals surface area contributed by atoms with Gasteiger partial charge in [-0.25, -0.2) is 0 Å². The Labute approximate surface area is 133 Å². The molecule has 1 aromatic rings. The summed E-state index contributed by atoms with van der Waals surface area (Å²) in [5, 5.41) is 2.81. The lowest BCUT2D eigenvalue weighted by Gasteiger charge is -2.17. The number of thioether (sulfide) groups is 1. The lowest BCUT2D eigenvalue weighted by atomic mass is 10.1. The first-order valence-corrected chi connectivity index (χ1v) is 8.37. The fourth-order valence-electron chi connectivity index (χ4n) is 2.77. The molecule has 0 aromatic heterocycles. The van der Waals surface area contributed by atoms with Gasteiger partial charge in [0.2, 0.25) is 16.9 Å². The summed E-state index contributed by atoms with van der Waals surface area (Å²) in [6.07, 6.45) is 0.880. The number of nitrogens with zero attached hydrogens (tertiary/aromatic N) is 1. The van der Waals surface area contributed by atoms with Crippen LogP contribution < -0.4 is 10.2 Å². The first-order chi connectivity index (χ1) is 10.5. The number of carbonyl (C=O) groups is 3.